The Labute approximate surface area is 159 Å². The van der Waals surface area contributed by atoms with E-state index in [0.717, 1.165) is 30.3 Å². The average molecular weight is 373 g/mol. The summed E-state index contributed by atoms with van der Waals surface area (Å²) in [6, 6.07) is 3.77. The molecule has 8 heteroatoms. The molecule has 146 valence electrons. The average Bonchev–Trinajstić information content (AvgIpc) is 2.99. The number of nitrogens with zero attached hydrogens (tertiary/aromatic N) is 1. The van der Waals surface area contributed by atoms with Crippen molar-refractivity contribution < 1.29 is 14.3 Å². The van der Waals surface area contributed by atoms with E-state index in [1.54, 1.807) is 27.0 Å². The molecule has 0 aromatic carbocycles. The third-order valence-corrected chi connectivity index (χ3v) is 3.88. The van der Waals surface area contributed by atoms with Gasteiger partial charge in [-0.3, -0.25) is 9.78 Å². The summed E-state index contributed by atoms with van der Waals surface area (Å²) >= 11 is 0. The zero-order chi connectivity index (χ0) is 19.9. The summed E-state index contributed by atoms with van der Waals surface area (Å²) in [6.45, 7) is 6.11. The van der Waals surface area contributed by atoms with Crippen molar-refractivity contribution in [3.8, 4) is 0 Å². The van der Waals surface area contributed by atoms with E-state index in [9.17, 15) is 9.59 Å². The van der Waals surface area contributed by atoms with Crippen LogP contribution in [0.15, 0.2) is 30.1 Å². The van der Waals surface area contributed by atoms with Crippen LogP contribution < -0.4 is 16.0 Å². The summed E-state index contributed by atoms with van der Waals surface area (Å²) in [4.78, 5) is 28.3. The van der Waals surface area contributed by atoms with Crippen LogP contribution in [0, 0.1) is 5.41 Å². The zero-order valence-corrected chi connectivity index (χ0v) is 16.0. The lowest BCUT2D eigenvalue weighted by molar-refractivity contribution is -0.117. The van der Waals surface area contributed by atoms with Gasteiger partial charge in [0.15, 0.2) is 0 Å². The molecule has 0 saturated heterocycles. The molecule has 0 fully saturated rings. The van der Waals surface area contributed by atoms with Gasteiger partial charge in [0.05, 0.1) is 17.3 Å². The summed E-state index contributed by atoms with van der Waals surface area (Å²) in [5, 5.41) is 15.9. The third kappa shape index (κ3) is 6.40. The van der Waals surface area contributed by atoms with Gasteiger partial charge in [0.25, 0.3) is 5.91 Å². The molecule has 27 heavy (non-hydrogen) atoms. The number of pyridine rings is 1. The molecule has 1 unspecified atom stereocenters. The lowest BCUT2D eigenvalue weighted by Crippen LogP contribution is -2.36. The number of ether oxygens (including phenoxy) is 1. The van der Waals surface area contributed by atoms with Crippen molar-refractivity contribution in [1.82, 2.24) is 20.9 Å². The first-order valence-electron chi connectivity index (χ1n) is 8.95. The van der Waals surface area contributed by atoms with Crippen LogP contribution in [0.2, 0.25) is 0 Å². The van der Waals surface area contributed by atoms with Crippen LogP contribution in [-0.2, 0) is 16.0 Å². The second kappa shape index (κ2) is 9.16. The van der Waals surface area contributed by atoms with Crippen LogP contribution in [0.25, 0.3) is 0 Å². The largest absolute Gasteiger partial charge is 0.444 e. The third-order valence-electron chi connectivity index (χ3n) is 3.88. The summed E-state index contributed by atoms with van der Waals surface area (Å²) < 4.78 is 5.13. The fraction of sp³-hybridized carbons (Fsp3) is 0.474. The minimum Gasteiger partial charge on any atom is -0.444 e. The monoisotopic (exact) mass is 373 g/mol. The van der Waals surface area contributed by atoms with Gasteiger partial charge in [-0.05, 0) is 45.2 Å². The number of aromatic nitrogens is 1. The van der Waals surface area contributed by atoms with Crippen molar-refractivity contribution in [2.24, 2.45) is 0 Å². The van der Waals surface area contributed by atoms with Gasteiger partial charge in [-0.25, -0.2) is 4.79 Å². The summed E-state index contributed by atoms with van der Waals surface area (Å²) in [5.41, 5.74) is 1.70. The molecule has 1 aliphatic carbocycles. The Morgan fingerprint density at radius 2 is 2.15 bits per heavy atom. The van der Waals surface area contributed by atoms with E-state index in [4.69, 9.17) is 10.1 Å². The maximum absolute atomic E-state index is 12.4. The number of fused-ring (bicyclic) bond motifs is 1. The molecule has 1 atom stereocenters. The van der Waals surface area contributed by atoms with E-state index in [1.807, 2.05) is 12.1 Å². The second-order valence-electron chi connectivity index (χ2n) is 7.24. The molecule has 0 bridgehead atoms. The van der Waals surface area contributed by atoms with Crippen LogP contribution in [0.5, 0.6) is 0 Å². The molecule has 2 rings (SSSR count). The Kier molecular flexibility index (Phi) is 6.92. The van der Waals surface area contributed by atoms with Gasteiger partial charge in [-0.2, -0.15) is 0 Å². The Morgan fingerprint density at radius 3 is 2.85 bits per heavy atom. The molecule has 0 spiro atoms. The van der Waals surface area contributed by atoms with Gasteiger partial charge in [0.1, 0.15) is 5.60 Å². The first-order valence-corrected chi connectivity index (χ1v) is 8.95. The predicted octanol–water partition coefficient (Wildman–Crippen LogP) is 1.83. The maximum Gasteiger partial charge on any atom is 0.407 e. The molecule has 2 amide bonds. The maximum atomic E-state index is 12.4. The Hall–Kier alpha value is -2.90. The van der Waals surface area contributed by atoms with E-state index in [1.165, 1.54) is 6.20 Å². The highest BCUT2D eigenvalue weighted by molar-refractivity contribution is 6.11. The van der Waals surface area contributed by atoms with Crippen molar-refractivity contribution >= 4 is 18.2 Å². The highest BCUT2D eigenvalue weighted by atomic mass is 16.6. The van der Waals surface area contributed by atoms with Gasteiger partial charge < -0.3 is 26.1 Å². The summed E-state index contributed by atoms with van der Waals surface area (Å²) in [7, 11) is 0. The number of carbonyl (C=O) groups is 2. The minimum atomic E-state index is -0.545. The number of rotatable bonds is 7. The number of nitrogens with one attached hydrogen (secondary N) is 4. The van der Waals surface area contributed by atoms with E-state index in [2.05, 4.69) is 20.9 Å². The molecule has 1 aliphatic rings. The quantitative estimate of drug-likeness (QED) is 0.331. The standard InChI is InChI=1S/C19H27N5O3/c1-19(2,3)27-18(26)23-10-9-21-12-14(11-20)17(25)24-15-7-6-13-5-4-8-22-16(13)15/h4-5,8,11-12,15,20-21H,6-7,9-10H2,1-3H3,(H,23,26)(H,24,25)/b14-12+,20-11?. The highest BCUT2D eigenvalue weighted by Gasteiger charge is 2.25. The Bertz CT molecular complexity index is 724. The molecule has 1 aromatic heterocycles. The van der Waals surface area contributed by atoms with E-state index in [0.29, 0.717) is 13.1 Å². The van der Waals surface area contributed by atoms with Crippen molar-refractivity contribution in [3.05, 3.63) is 41.4 Å². The molecule has 1 heterocycles. The van der Waals surface area contributed by atoms with Crippen LogP contribution in [0.3, 0.4) is 0 Å². The molecular weight excluding hydrogens is 346 g/mol. The number of alkyl carbamates (subject to hydrolysis) is 1. The summed E-state index contributed by atoms with van der Waals surface area (Å²) in [6.07, 6.45) is 5.37. The number of amides is 2. The zero-order valence-electron chi connectivity index (χ0n) is 16.0. The fourth-order valence-corrected chi connectivity index (χ4v) is 2.70. The van der Waals surface area contributed by atoms with Gasteiger partial charge in [-0.1, -0.05) is 6.07 Å². The number of hydrogen-bond donors (Lipinski definition) is 4. The highest BCUT2D eigenvalue weighted by Crippen LogP contribution is 2.28. The van der Waals surface area contributed by atoms with Crippen LogP contribution in [0.4, 0.5) is 4.79 Å². The SMILES string of the molecule is CC(C)(C)OC(=O)NCCN/C=C(\C=N)C(=O)NC1CCc2cccnc21. The van der Waals surface area contributed by atoms with Gasteiger partial charge >= 0.3 is 6.09 Å². The van der Waals surface area contributed by atoms with E-state index in [-0.39, 0.29) is 17.5 Å². The molecule has 1 aromatic rings. The van der Waals surface area contributed by atoms with Crippen LogP contribution in [-0.4, -0.2) is 41.9 Å². The Morgan fingerprint density at radius 1 is 1.37 bits per heavy atom. The minimum absolute atomic E-state index is 0.133. The topological polar surface area (TPSA) is 116 Å². The lowest BCUT2D eigenvalue weighted by atomic mass is 10.2. The molecule has 8 nitrogen and oxygen atoms in total. The normalized spacial score (nSPS) is 16.3. The van der Waals surface area contributed by atoms with Crippen LogP contribution >= 0.6 is 0 Å². The predicted molar refractivity (Wildman–Crippen MR) is 103 cm³/mol. The first kappa shape index (κ1) is 20.4. The molecule has 0 saturated carbocycles. The van der Waals surface area contributed by atoms with Gasteiger partial charge in [0, 0.05) is 31.7 Å². The number of carbonyl (C=O) groups excluding carboxylic acids is 2. The molecular formula is C19H27N5O3. The number of hydrogen-bond acceptors (Lipinski definition) is 6. The fourth-order valence-electron chi connectivity index (χ4n) is 2.70. The van der Waals surface area contributed by atoms with Gasteiger partial charge in [-0.15, -0.1) is 0 Å². The Balaban J connectivity index is 1.78. The number of aryl methyl sites for hydroxylation is 1. The summed E-state index contributed by atoms with van der Waals surface area (Å²) in [5.74, 6) is -0.332. The van der Waals surface area contributed by atoms with Crippen molar-refractivity contribution in [3.63, 3.8) is 0 Å². The molecule has 0 aliphatic heterocycles. The van der Waals surface area contributed by atoms with Crippen molar-refractivity contribution in [2.75, 3.05) is 13.1 Å². The van der Waals surface area contributed by atoms with Crippen LogP contribution in [0.1, 0.15) is 44.5 Å². The van der Waals surface area contributed by atoms with Gasteiger partial charge in [0.2, 0.25) is 0 Å². The van der Waals surface area contributed by atoms with E-state index >= 15 is 0 Å². The smallest absolute Gasteiger partial charge is 0.407 e. The van der Waals surface area contributed by atoms with Crippen molar-refractivity contribution in [2.45, 2.75) is 45.3 Å². The second-order valence-corrected chi connectivity index (χ2v) is 7.24. The molecule has 4 N–H and O–H groups in total. The van der Waals surface area contributed by atoms with Crippen molar-refractivity contribution in [1.29, 1.82) is 5.41 Å². The molecule has 0 radical (unpaired) electrons. The van der Waals surface area contributed by atoms with E-state index < -0.39 is 11.7 Å². The first-order chi connectivity index (χ1) is 12.8. The lowest BCUT2D eigenvalue weighted by Gasteiger charge is -2.19.